The van der Waals surface area contributed by atoms with E-state index in [1.165, 1.54) is 4.90 Å². The van der Waals surface area contributed by atoms with E-state index in [0.717, 1.165) is 51.9 Å². The molecule has 1 unspecified atom stereocenters. The van der Waals surface area contributed by atoms with Gasteiger partial charge in [0.2, 0.25) is 5.91 Å². The van der Waals surface area contributed by atoms with Crippen molar-refractivity contribution in [3.05, 3.63) is 0 Å². The second-order valence-electron chi connectivity index (χ2n) is 9.24. The number of hydrogen-bond acceptors (Lipinski definition) is 4. The summed E-state index contributed by atoms with van der Waals surface area (Å²) in [6, 6.07) is -0.440. The Bertz CT molecular complexity index is 623. The number of amides is 4. The van der Waals surface area contributed by atoms with Gasteiger partial charge in [0.05, 0.1) is 6.04 Å². The molecular formula is C20H32N4O3. The molecule has 4 amide bonds. The summed E-state index contributed by atoms with van der Waals surface area (Å²) in [7, 11) is 0. The van der Waals surface area contributed by atoms with Gasteiger partial charge in [0, 0.05) is 38.6 Å². The highest BCUT2D eigenvalue weighted by molar-refractivity contribution is 6.07. The molecule has 27 heavy (non-hydrogen) atoms. The predicted octanol–water partition coefficient (Wildman–Crippen LogP) is 1.43. The molecule has 0 aromatic heterocycles. The van der Waals surface area contributed by atoms with Gasteiger partial charge in [-0.1, -0.05) is 13.8 Å². The number of piperidine rings is 2. The fourth-order valence-corrected chi connectivity index (χ4v) is 4.90. The molecule has 1 atom stereocenters. The van der Waals surface area contributed by atoms with Gasteiger partial charge in [0.15, 0.2) is 0 Å². The Morgan fingerprint density at radius 3 is 2.48 bits per heavy atom. The zero-order valence-electron chi connectivity index (χ0n) is 16.6. The maximum atomic E-state index is 13.3. The second-order valence-corrected chi connectivity index (χ2v) is 9.24. The fourth-order valence-electron chi connectivity index (χ4n) is 4.90. The number of carbonyl (C=O) groups is 3. The summed E-state index contributed by atoms with van der Waals surface area (Å²) in [6.07, 6.45) is 4.98. The van der Waals surface area contributed by atoms with E-state index in [1.807, 2.05) is 4.90 Å². The number of nitrogens with one attached hydrogen (secondary N) is 1. The van der Waals surface area contributed by atoms with Gasteiger partial charge in [-0.2, -0.15) is 0 Å². The molecule has 0 bridgehead atoms. The van der Waals surface area contributed by atoms with Crippen LogP contribution in [-0.2, 0) is 9.59 Å². The molecule has 1 aliphatic carbocycles. The molecule has 7 heteroatoms. The van der Waals surface area contributed by atoms with Gasteiger partial charge < -0.3 is 15.1 Å². The second kappa shape index (κ2) is 7.08. The molecular weight excluding hydrogens is 344 g/mol. The van der Waals surface area contributed by atoms with E-state index in [9.17, 15) is 14.4 Å². The molecule has 4 fully saturated rings. The number of hydrogen-bond donors (Lipinski definition) is 1. The van der Waals surface area contributed by atoms with Crippen LogP contribution in [0.1, 0.15) is 52.4 Å². The summed E-state index contributed by atoms with van der Waals surface area (Å²) in [4.78, 5) is 44.1. The van der Waals surface area contributed by atoms with Gasteiger partial charge in [0.1, 0.15) is 5.54 Å². The highest BCUT2D eigenvalue weighted by atomic mass is 16.2. The van der Waals surface area contributed by atoms with Crippen LogP contribution in [0, 0.1) is 11.8 Å². The predicted molar refractivity (Wildman–Crippen MR) is 101 cm³/mol. The van der Waals surface area contributed by atoms with Gasteiger partial charge in [-0.15, -0.1) is 0 Å². The lowest BCUT2D eigenvalue weighted by Gasteiger charge is -2.39. The van der Waals surface area contributed by atoms with Gasteiger partial charge in [-0.3, -0.25) is 14.5 Å². The van der Waals surface area contributed by atoms with Crippen molar-refractivity contribution in [3.63, 3.8) is 0 Å². The molecule has 1 N–H and O–H groups in total. The first-order valence-corrected chi connectivity index (χ1v) is 10.6. The molecule has 4 rings (SSSR count). The molecule has 150 valence electrons. The monoisotopic (exact) mass is 376 g/mol. The van der Waals surface area contributed by atoms with Crippen LogP contribution >= 0.6 is 0 Å². The lowest BCUT2D eigenvalue weighted by atomic mass is 9.86. The van der Waals surface area contributed by atoms with E-state index in [1.54, 1.807) is 0 Å². The summed E-state index contributed by atoms with van der Waals surface area (Å²) in [6.45, 7) is 8.38. The van der Waals surface area contributed by atoms with E-state index < -0.39 is 5.54 Å². The smallest absolute Gasteiger partial charge is 0.325 e. The number of rotatable bonds is 4. The van der Waals surface area contributed by atoms with Crippen LogP contribution in [0.15, 0.2) is 0 Å². The van der Waals surface area contributed by atoms with Crippen molar-refractivity contribution in [2.24, 2.45) is 11.8 Å². The number of imide groups is 1. The van der Waals surface area contributed by atoms with Crippen molar-refractivity contribution in [3.8, 4) is 0 Å². The molecule has 0 aromatic rings. The minimum absolute atomic E-state index is 0.0672. The summed E-state index contributed by atoms with van der Waals surface area (Å²) in [5, 5.41) is 3.03. The Morgan fingerprint density at radius 2 is 1.85 bits per heavy atom. The van der Waals surface area contributed by atoms with Crippen molar-refractivity contribution in [1.82, 2.24) is 20.0 Å². The Morgan fingerprint density at radius 1 is 1.15 bits per heavy atom. The van der Waals surface area contributed by atoms with Crippen LogP contribution in [0.4, 0.5) is 4.79 Å². The Labute approximate surface area is 161 Å². The third-order valence-electron chi connectivity index (χ3n) is 6.53. The average molecular weight is 377 g/mol. The van der Waals surface area contributed by atoms with E-state index in [4.69, 9.17) is 0 Å². The molecule has 3 saturated heterocycles. The van der Waals surface area contributed by atoms with Gasteiger partial charge >= 0.3 is 6.03 Å². The van der Waals surface area contributed by atoms with Crippen molar-refractivity contribution < 1.29 is 14.4 Å². The zero-order valence-corrected chi connectivity index (χ0v) is 16.6. The number of nitrogens with zero attached hydrogens (tertiary/aromatic N) is 3. The Hall–Kier alpha value is -1.63. The van der Waals surface area contributed by atoms with E-state index in [2.05, 4.69) is 24.1 Å². The van der Waals surface area contributed by atoms with Crippen LogP contribution in [0.2, 0.25) is 0 Å². The first-order chi connectivity index (χ1) is 12.9. The summed E-state index contributed by atoms with van der Waals surface area (Å²) in [5.41, 5.74) is -0.729. The fraction of sp³-hybridized carbons (Fsp3) is 0.850. The Kier molecular flexibility index (Phi) is 4.91. The van der Waals surface area contributed by atoms with Crippen molar-refractivity contribution >= 4 is 17.8 Å². The first kappa shape index (κ1) is 18.7. The zero-order chi connectivity index (χ0) is 19.2. The van der Waals surface area contributed by atoms with Gasteiger partial charge in [-0.05, 0) is 44.4 Å². The minimum atomic E-state index is -0.729. The molecule has 0 radical (unpaired) electrons. The molecule has 7 nitrogen and oxygen atoms in total. The third-order valence-corrected chi connectivity index (χ3v) is 6.53. The number of urea groups is 1. The number of likely N-dealkylation sites (tertiary alicyclic amines) is 2. The molecule has 3 aliphatic heterocycles. The molecule has 1 spiro atoms. The summed E-state index contributed by atoms with van der Waals surface area (Å²) >= 11 is 0. The lowest BCUT2D eigenvalue weighted by Crippen LogP contribution is -2.56. The molecule has 3 heterocycles. The van der Waals surface area contributed by atoms with Crippen LogP contribution in [0.5, 0.6) is 0 Å². The van der Waals surface area contributed by atoms with Crippen LogP contribution in [0.3, 0.4) is 0 Å². The normalized spacial score (nSPS) is 28.9. The summed E-state index contributed by atoms with van der Waals surface area (Å²) < 4.78 is 0. The van der Waals surface area contributed by atoms with Crippen LogP contribution in [0.25, 0.3) is 0 Å². The quantitative estimate of drug-likeness (QED) is 0.754. The number of carbonyl (C=O) groups excluding carboxylic acids is 3. The largest absolute Gasteiger partial charge is 0.340 e. The van der Waals surface area contributed by atoms with E-state index >= 15 is 0 Å². The third kappa shape index (κ3) is 3.58. The molecule has 0 aromatic carbocycles. The summed E-state index contributed by atoms with van der Waals surface area (Å²) in [5.74, 6) is 0.927. The van der Waals surface area contributed by atoms with Crippen molar-refractivity contribution in [2.45, 2.75) is 64.0 Å². The van der Waals surface area contributed by atoms with Crippen molar-refractivity contribution in [1.29, 1.82) is 0 Å². The first-order valence-electron chi connectivity index (χ1n) is 10.6. The maximum Gasteiger partial charge on any atom is 0.325 e. The van der Waals surface area contributed by atoms with Crippen LogP contribution < -0.4 is 5.32 Å². The van der Waals surface area contributed by atoms with Gasteiger partial charge in [-0.25, -0.2) is 4.79 Å². The standard InChI is InChI=1S/C20H32N4O3/c1-14(2)12-22-10-7-20(8-11-22)18(26)24(19(27)21-20)16-4-3-9-23(13-16)17(25)15-5-6-15/h14-16H,3-13H2,1-2H3,(H,21,27). The minimum Gasteiger partial charge on any atom is -0.340 e. The van der Waals surface area contributed by atoms with Gasteiger partial charge in [0.25, 0.3) is 5.91 Å². The topological polar surface area (TPSA) is 73.0 Å². The van der Waals surface area contributed by atoms with E-state index in [-0.39, 0.29) is 29.8 Å². The lowest BCUT2D eigenvalue weighted by molar-refractivity contribution is -0.139. The highest BCUT2D eigenvalue weighted by Crippen LogP contribution is 2.35. The highest BCUT2D eigenvalue weighted by Gasteiger charge is 2.54. The van der Waals surface area contributed by atoms with Crippen LogP contribution in [-0.4, -0.2) is 76.8 Å². The van der Waals surface area contributed by atoms with E-state index in [0.29, 0.717) is 25.3 Å². The SMILES string of the molecule is CC(C)CN1CCC2(CC1)NC(=O)N(C1CCCN(C(=O)C3CC3)C1)C2=O. The molecule has 4 aliphatic rings. The maximum absolute atomic E-state index is 13.3. The average Bonchev–Trinajstić information content (AvgIpc) is 3.44. The molecule has 1 saturated carbocycles. The van der Waals surface area contributed by atoms with Crippen molar-refractivity contribution in [2.75, 3.05) is 32.7 Å². The Balaban J connectivity index is 1.41.